The Labute approximate surface area is 216 Å². The summed E-state index contributed by atoms with van der Waals surface area (Å²) in [4.78, 5) is 25.2. The van der Waals surface area contributed by atoms with Crippen molar-refractivity contribution in [2.45, 2.75) is 13.0 Å². The number of nitrogens with two attached hydrogens (primary N) is 1. The lowest BCUT2D eigenvalue weighted by molar-refractivity contribution is 0.0964. The molecule has 0 saturated heterocycles. The summed E-state index contributed by atoms with van der Waals surface area (Å²) >= 11 is 0. The van der Waals surface area contributed by atoms with Gasteiger partial charge in [0.1, 0.15) is 17.8 Å². The molecule has 3 N–H and O–H groups in total. The predicted molar refractivity (Wildman–Crippen MR) is 137 cm³/mol. The first-order valence-electron chi connectivity index (χ1n) is 11.3. The van der Waals surface area contributed by atoms with E-state index in [1.165, 1.54) is 24.4 Å². The van der Waals surface area contributed by atoms with Crippen LogP contribution in [0.1, 0.15) is 16.8 Å². The minimum absolute atomic E-state index is 0.0562. The second kappa shape index (κ2) is 9.81. The molecule has 38 heavy (non-hydrogen) atoms. The van der Waals surface area contributed by atoms with Crippen LogP contribution in [-0.4, -0.2) is 46.7 Å². The number of amidine groups is 1. The highest BCUT2D eigenvalue weighted by molar-refractivity contribution is 7.89. The summed E-state index contributed by atoms with van der Waals surface area (Å²) < 4.78 is 51.7. The number of hydrogen-bond donors (Lipinski definition) is 2. The van der Waals surface area contributed by atoms with E-state index in [0.717, 1.165) is 6.07 Å². The van der Waals surface area contributed by atoms with Crippen LogP contribution in [0.3, 0.4) is 0 Å². The molecule has 2 aliphatic heterocycles. The smallest absolute Gasteiger partial charge is 0.268 e. The fourth-order valence-corrected chi connectivity index (χ4v) is 4.67. The maximum absolute atomic E-state index is 13.6. The van der Waals surface area contributed by atoms with Crippen molar-refractivity contribution < 1.29 is 22.0 Å². The SMILES string of the molecule is NS(=O)(=O)CCCn1c([N+]23C=C(NC(=O)c4ccnc(F)c4)N=C2C=CC=N3)cnc1-c1ccc(F)cc1. The summed E-state index contributed by atoms with van der Waals surface area (Å²) in [5, 5.41) is 12.5. The highest BCUT2D eigenvalue weighted by atomic mass is 32.2. The first-order valence-corrected chi connectivity index (χ1v) is 13.0. The van der Waals surface area contributed by atoms with Gasteiger partial charge in [0.25, 0.3) is 17.6 Å². The first-order chi connectivity index (χ1) is 18.1. The number of nitrogens with zero attached hydrogens (tertiary/aromatic N) is 6. The number of rotatable bonds is 8. The number of quaternary nitrogens is 1. The lowest BCUT2D eigenvalue weighted by Gasteiger charge is -2.25. The molecule has 11 nitrogen and oxygen atoms in total. The van der Waals surface area contributed by atoms with Gasteiger partial charge in [-0.3, -0.25) is 9.36 Å². The summed E-state index contributed by atoms with van der Waals surface area (Å²) in [5.74, 6) is -0.566. The van der Waals surface area contributed by atoms with Gasteiger partial charge in [0, 0.05) is 36.0 Å². The number of aromatic nitrogens is 3. The van der Waals surface area contributed by atoms with Crippen LogP contribution in [0.4, 0.5) is 14.6 Å². The molecule has 4 heterocycles. The molecule has 0 fully saturated rings. The average molecular weight is 540 g/mol. The van der Waals surface area contributed by atoms with Gasteiger partial charge in [-0.25, -0.2) is 27.9 Å². The van der Waals surface area contributed by atoms with E-state index in [4.69, 9.17) is 5.14 Å². The van der Waals surface area contributed by atoms with Crippen LogP contribution in [-0.2, 0) is 16.6 Å². The Kier molecular flexibility index (Phi) is 6.52. The molecule has 1 atom stereocenters. The molecule has 3 aromatic rings. The number of halogens is 2. The number of benzene rings is 1. The number of hydrogen-bond acceptors (Lipinski definition) is 7. The van der Waals surface area contributed by atoms with Crippen LogP contribution in [0.2, 0.25) is 0 Å². The molecule has 0 saturated carbocycles. The normalized spacial score (nSPS) is 18.2. The number of fused-ring (bicyclic) bond motifs is 1. The fourth-order valence-electron chi connectivity index (χ4n) is 4.14. The summed E-state index contributed by atoms with van der Waals surface area (Å²) in [6, 6.07) is 8.09. The van der Waals surface area contributed by atoms with Crippen molar-refractivity contribution in [1.82, 2.24) is 24.4 Å². The van der Waals surface area contributed by atoms with E-state index in [0.29, 0.717) is 23.0 Å². The van der Waals surface area contributed by atoms with Crippen molar-refractivity contribution in [3.05, 3.63) is 90.3 Å². The zero-order chi connectivity index (χ0) is 26.9. The Morgan fingerprint density at radius 3 is 2.66 bits per heavy atom. The molecule has 5 rings (SSSR count). The molecule has 2 aromatic heterocycles. The molecule has 0 spiro atoms. The van der Waals surface area contributed by atoms with E-state index in [9.17, 15) is 22.0 Å². The quantitative estimate of drug-likeness (QED) is 0.334. The maximum Gasteiger partial charge on any atom is 0.268 e. The molecule has 14 heteroatoms. The maximum atomic E-state index is 13.6. The molecule has 0 bridgehead atoms. The van der Waals surface area contributed by atoms with Gasteiger partial charge in [0.05, 0.1) is 12.0 Å². The van der Waals surface area contributed by atoms with Gasteiger partial charge < -0.3 is 5.32 Å². The lowest BCUT2D eigenvalue weighted by atomic mass is 10.2. The van der Waals surface area contributed by atoms with E-state index in [1.54, 1.807) is 47.5 Å². The van der Waals surface area contributed by atoms with Crippen molar-refractivity contribution in [1.29, 1.82) is 0 Å². The van der Waals surface area contributed by atoms with Crippen molar-refractivity contribution >= 4 is 33.8 Å². The van der Waals surface area contributed by atoms with Gasteiger partial charge in [-0.2, -0.15) is 9.38 Å². The summed E-state index contributed by atoms with van der Waals surface area (Å²) in [6.45, 7) is 0.191. The largest absolute Gasteiger partial charge is 0.302 e. The van der Waals surface area contributed by atoms with Crippen LogP contribution >= 0.6 is 0 Å². The van der Waals surface area contributed by atoms with Crippen molar-refractivity contribution in [2.75, 3.05) is 5.75 Å². The van der Waals surface area contributed by atoms with Gasteiger partial charge in [-0.1, -0.05) is 9.69 Å². The van der Waals surface area contributed by atoms with E-state index in [1.807, 2.05) is 0 Å². The number of aliphatic imine (C=N–C) groups is 1. The zero-order valence-electron chi connectivity index (χ0n) is 19.7. The molecule has 2 aliphatic rings. The zero-order valence-corrected chi connectivity index (χ0v) is 20.5. The monoisotopic (exact) mass is 539 g/mol. The van der Waals surface area contributed by atoms with Crippen molar-refractivity contribution in [2.24, 2.45) is 15.2 Å². The van der Waals surface area contributed by atoms with E-state index in [-0.39, 0.29) is 34.7 Å². The molecule has 0 aliphatic carbocycles. The Hall–Kier alpha value is -4.40. The highest BCUT2D eigenvalue weighted by Crippen LogP contribution is 2.36. The third kappa shape index (κ3) is 5.04. The Morgan fingerprint density at radius 2 is 1.92 bits per heavy atom. The molecular weight excluding hydrogens is 518 g/mol. The molecule has 0 radical (unpaired) electrons. The number of amides is 1. The minimum atomic E-state index is -3.71. The number of sulfonamides is 1. The number of allylic oxidation sites excluding steroid dienone is 1. The van der Waals surface area contributed by atoms with Gasteiger partial charge in [-0.05, 0) is 42.8 Å². The van der Waals surface area contributed by atoms with Gasteiger partial charge >= 0.3 is 0 Å². The number of pyridine rings is 1. The highest BCUT2D eigenvalue weighted by Gasteiger charge is 2.45. The summed E-state index contributed by atoms with van der Waals surface area (Å²) in [5.41, 5.74) is 0.651. The number of primary sulfonamides is 1. The molecule has 1 amide bonds. The van der Waals surface area contributed by atoms with Gasteiger partial charge in [0.2, 0.25) is 16.0 Å². The minimum Gasteiger partial charge on any atom is -0.302 e. The number of carbonyl (C=O) groups is 1. The predicted octanol–water partition coefficient (Wildman–Crippen LogP) is 2.41. The Morgan fingerprint density at radius 1 is 1.13 bits per heavy atom. The van der Waals surface area contributed by atoms with E-state index in [2.05, 4.69) is 25.4 Å². The van der Waals surface area contributed by atoms with Crippen LogP contribution in [0.5, 0.6) is 0 Å². The third-order valence-electron chi connectivity index (χ3n) is 5.80. The molecule has 194 valence electrons. The Balaban J connectivity index is 1.55. The first kappa shape index (κ1) is 25.3. The van der Waals surface area contributed by atoms with Gasteiger partial charge in [0.15, 0.2) is 12.0 Å². The van der Waals surface area contributed by atoms with E-state index < -0.39 is 27.7 Å². The van der Waals surface area contributed by atoms with Crippen LogP contribution < -0.4 is 15.0 Å². The standard InChI is InChI=1S/C24H20F2N8O3S/c25-18-6-4-16(5-7-18)23-29-14-22(33(23)11-2-12-38(27,36)37)34-15-20(31-21(34)3-1-9-30-34)32-24(35)17-8-10-28-19(26)13-17/h1,3-10,13-15H,2,11-12H2,(H2-,27,32,35,36,37)/p+1. The van der Waals surface area contributed by atoms with Crippen LogP contribution in [0, 0.1) is 11.8 Å². The average Bonchev–Trinajstić information content (AvgIpc) is 3.45. The molecular formula is C24H21F2N8O3S+. The topological polar surface area (TPSA) is 145 Å². The number of carbonyl (C=O) groups excluding carboxylic acids is 1. The van der Waals surface area contributed by atoms with Gasteiger partial charge in [-0.15, -0.1) is 0 Å². The molecule has 1 aromatic carbocycles. The van der Waals surface area contributed by atoms with Crippen molar-refractivity contribution in [3.8, 4) is 11.4 Å². The Bertz CT molecular complexity index is 1640. The van der Waals surface area contributed by atoms with E-state index >= 15 is 0 Å². The summed E-state index contributed by atoms with van der Waals surface area (Å²) in [7, 11) is -3.71. The van der Waals surface area contributed by atoms with Crippen LogP contribution in [0.15, 0.2) is 83.1 Å². The second-order valence-electron chi connectivity index (χ2n) is 8.43. The fraction of sp³-hybridized carbons (Fsp3) is 0.125. The third-order valence-corrected chi connectivity index (χ3v) is 6.66. The lowest BCUT2D eigenvalue weighted by Crippen LogP contribution is -2.44. The number of imidazole rings is 1. The van der Waals surface area contributed by atoms with Crippen molar-refractivity contribution in [3.63, 3.8) is 0 Å². The molecule has 1 unspecified atom stereocenters. The second-order valence-corrected chi connectivity index (χ2v) is 10.2. The summed E-state index contributed by atoms with van der Waals surface area (Å²) in [6.07, 6.45) is 9.41. The van der Waals surface area contributed by atoms with Crippen LogP contribution in [0.25, 0.3) is 11.4 Å². The number of nitrogens with one attached hydrogen (secondary N) is 1.